The Hall–Kier alpha value is -1.93. The number of carbonyl (C=O) groups excluding carboxylic acids is 2. The standard InChI is InChI=1S/C15H16N2O4S2/c18-12(16-9-13(19)20)8-11-14(21)17(15(22)23-11)7-6-10-4-2-1-3-5-10/h1-5,11H,6-9H2,(H,16,18)(H,19,20). The number of thioether (sulfide) groups is 1. The molecule has 1 heterocycles. The molecule has 1 saturated heterocycles. The minimum atomic E-state index is -1.12. The lowest BCUT2D eigenvalue weighted by atomic mass is 10.1. The molecule has 122 valence electrons. The van der Waals surface area contributed by atoms with Gasteiger partial charge in [0.2, 0.25) is 11.8 Å². The highest BCUT2D eigenvalue weighted by Crippen LogP contribution is 2.29. The number of rotatable bonds is 7. The maximum atomic E-state index is 12.3. The highest BCUT2D eigenvalue weighted by Gasteiger charge is 2.37. The third-order valence-corrected chi connectivity index (χ3v) is 4.86. The van der Waals surface area contributed by atoms with Crippen LogP contribution in [-0.4, -0.2) is 50.5 Å². The third-order valence-electron chi connectivity index (χ3n) is 3.28. The minimum Gasteiger partial charge on any atom is -0.480 e. The molecule has 1 aliphatic heterocycles. The first-order chi connectivity index (χ1) is 11.0. The van der Waals surface area contributed by atoms with Crippen molar-refractivity contribution >= 4 is 46.1 Å². The summed E-state index contributed by atoms with van der Waals surface area (Å²) in [6, 6.07) is 9.76. The van der Waals surface area contributed by atoms with Crippen LogP contribution in [0.1, 0.15) is 12.0 Å². The molecule has 1 aromatic rings. The quantitative estimate of drug-likeness (QED) is 0.714. The van der Waals surface area contributed by atoms with Crippen LogP contribution in [0.2, 0.25) is 0 Å². The van der Waals surface area contributed by atoms with E-state index in [1.54, 1.807) is 0 Å². The summed E-state index contributed by atoms with van der Waals surface area (Å²) in [4.78, 5) is 35.9. The summed E-state index contributed by atoms with van der Waals surface area (Å²) in [5.41, 5.74) is 1.11. The highest BCUT2D eigenvalue weighted by atomic mass is 32.2. The van der Waals surface area contributed by atoms with Crippen LogP contribution >= 0.6 is 24.0 Å². The lowest BCUT2D eigenvalue weighted by Crippen LogP contribution is -2.36. The Morgan fingerprint density at radius 3 is 2.65 bits per heavy atom. The average molecular weight is 352 g/mol. The van der Waals surface area contributed by atoms with Gasteiger partial charge in [-0.3, -0.25) is 19.3 Å². The fourth-order valence-electron chi connectivity index (χ4n) is 2.13. The lowest BCUT2D eigenvalue weighted by molar-refractivity contribution is -0.138. The Labute approximate surface area is 143 Å². The number of hydrogen-bond donors (Lipinski definition) is 2. The maximum absolute atomic E-state index is 12.3. The molecule has 6 nitrogen and oxygen atoms in total. The van der Waals surface area contributed by atoms with Crippen molar-refractivity contribution in [2.45, 2.75) is 18.1 Å². The number of thiocarbonyl (C=S) groups is 1. The van der Waals surface area contributed by atoms with E-state index in [1.165, 1.54) is 16.7 Å². The fourth-order valence-corrected chi connectivity index (χ4v) is 3.67. The van der Waals surface area contributed by atoms with Crippen LogP contribution in [-0.2, 0) is 20.8 Å². The van der Waals surface area contributed by atoms with E-state index in [1.807, 2.05) is 30.3 Å². The lowest BCUT2D eigenvalue weighted by Gasteiger charge is -2.15. The summed E-state index contributed by atoms with van der Waals surface area (Å²) in [7, 11) is 0. The summed E-state index contributed by atoms with van der Waals surface area (Å²) in [6.07, 6.45) is 0.615. The van der Waals surface area contributed by atoms with Crippen molar-refractivity contribution in [3.63, 3.8) is 0 Å². The van der Waals surface area contributed by atoms with E-state index < -0.39 is 23.7 Å². The molecule has 2 amide bonds. The first-order valence-electron chi connectivity index (χ1n) is 7.02. The SMILES string of the molecule is O=C(O)CNC(=O)CC1SC(=S)N(CCc2ccccc2)C1=O. The first-order valence-corrected chi connectivity index (χ1v) is 8.30. The predicted octanol–water partition coefficient (Wildman–Crippen LogP) is 1.05. The van der Waals surface area contributed by atoms with Crippen LogP contribution in [0.4, 0.5) is 0 Å². The molecule has 0 bridgehead atoms. The average Bonchev–Trinajstić information content (AvgIpc) is 2.78. The fraction of sp³-hybridized carbons (Fsp3) is 0.333. The van der Waals surface area contributed by atoms with Gasteiger partial charge in [-0.1, -0.05) is 54.3 Å². The zero-order chi connectivity index (χ0) is 16.8. The number of hydrogen-bond acceptors (Lipinski definition) is 5. The zero-order valence-corrected chi connectivity index (χ0v) is 13.9. The van der Waals surface area contributed by atoms with Crippen molar-refractivity contribution in [1.82, 2.24) is 10.2 Å². The van der Waals surface area contributed by atoms with E-state index in [9.17, 15) is 14.4 Å². The van der Waals surface area contributed by atoms with Crippen LogP contribution in [0.5, 0.6) is 0 Å². The van der Waals surface area contributed by atoms with Crippen LogP contribution in [0.25, 0.3) is 0 Å². The molecule has 1 aliphatic rings. The van der Waals surface area contributed by atoms with E-state index in [-0.39, 0.29) is 12.3 Å². The van der Waals surface area contributed by atoms with Crippen molar-refractivity contribution in [2.24, 2.45) is 0 Å². The van der Waals surface area contributed by atoms with Gasteiger partial charge in [0, 0.05) is 13.0 Å². The monoisotopic (exact) mass is 352 g/mol. The molecule has 23 heavy (non-hydrogen) atoms. The highest BCUT2D eigenvalue weighted by molar-refractivity contribution is 8.24. The summed E-state index contributed by atoms with van der Waals surface area (Å²) < 4.78 is 0.460. The zero-order valence-electron chi connectivity index (χ0n) is 12.2. The van der Waals surface area contributed by atoms with Crippen LogP contribution in [0.15, 0.2) is 30.3 Å². The molecule has 8 heteroatoms. The summed E-state index contributed by atoms with van der Waals surface area (Å²) in [6.45, 7) is 0.0223. The number of carbonyl (C=O) groups is 3. The van der Waals surface area contributed by atoms with Gasteiger partial charge in [-0.25, -0.2) is 0 Å². The minimum absolute atomic E-state index is 0.0707. The van der Waals surface area contributed by atoms with Crippen LogP contribution < -0.4 is 5.32 Å². The maximum Gasteiger partial charge on any atom is 0.322 e. The van der Waals surface area contributed by atoms with Crippen molar-refractivity contribution in [1.29, 1.82) is 0 Å². The second-order valence-electron chi connectivity index (χ2n) is 4.97. The van der Waals surface area contributed by atoms with Gasteiger partial charge in [0.1, 0.15) is 10.9 Å². The topological polar surface area (TPSA) is 86.7 Å². The Morgan fingerprint density at radius 2 is 2.00 bits per heavy atom. The summed E-state index contributed by atoms with van der Waals surface area (Å²) in [5.74, 6) is -1.78. The number of carboxylic acid groups (broad SMARTS) is 1. The van der Waals surface area contributed by atoms with Crippen LogP contribution in [0.3, 0.4) is 0 Å². The molecule has 1 atom stereocenters. The van der Waals surface area contributed by atoms with Gasteiger partial charge in [0.25, 0.3) is 0 Å². The molecular weight excluding hydrogens is 336 g/mol. The van der Waals surface area contributed by atoms with Crippen molar-refractivity contribution < 1.29 is 19.5 Å². The number of benzene rings is 1. The Bertz CT molecular complexity index is 621. The second kappa shape index (κ2) is 8.07. The van der Waals surface area contributed by atoms with Gasteiger partial charge >= 0.3 is 5.97 Å². The van der Waals surface area contributed by atoms with Gasteiger partial charge in [-0.15, -0.1) is 0 Å². The van der Waals surface area contributed by atoms with Gasteiger partial charge < -0.3 is 10.4 Å². The van der Waals surface area contributed by atoms with Crippen molar-refractivity contribution in [3.8, 4) is 0 Å². The van der Waals surface area contributed by atoms with Crippen molar-refractivity contribution in [2.75, 3.05) is 13.1 Å². The van der Waals surface area contributed by atoms with E-state index in [0.717, 1.165) is 5.56 Å². The van der Waals surface area contributed by atoms with Gasteiger partial charge in [0.15, 0.2) is 0 Å². The molecule has 2 N–H and O–H groups in total. The number of nitrogens with one attached hydrogen (secondary N) is 1. The normalized spacial score (nSPS) is 17.4. The molecule has 1 fully saturated rings. The van der Waals surface area contributed by atoms with E-state index in [0.29, 0.717) is 17.3 Å². The third kappa shape index (κ3) is 5.04. The largest absolute Gasteiger partial charge is 0.480 e. The van der Waals surface area contributed by atoms with Crippen LogP contribution in [0, 0.1) is 0 Å². The number of amides is 2. The van der Waals surface area contributed by atoms with E-state index >= 15 is 0 Å². The Morgan fingerprint density at radius 1 is 1.30 bits per heavy atom. The summed E-state index contributed by atoms with van der Waals surface area (Å²) >= 11 is 6.39. The molecule has 1 unspecified atom stereocenters. The van der Waals surface area contributed by atoms with E-state index in [4.69, 9.17) is 17.3 Å². The summed E-state index contributed by atoms with van der Waals surface area (Å²) in [5, 5.41) is 10.2. The number of aliphatic carboxylic acids is 1. The van der Waals surface area contributed by atoms with Gasteiger partial charge in [0.05, 0.1) is 5.25 Å². The molecule has 0 radical (unpaired) electrons. The van der Waals surface area contributed by atoms with E-state index in [2.05, 4.69) is 5.32 Å². The smallest absolute Gasteiger partial charge is 0.322 e. The Kier molecular flexibility index (Phi) is 6.12. The molecular formula is C15H16N2O4S2. The molecule has 0 aromatic heterocycles. The first kappa shape index (κ1) is 17.4. The molecule has 1 aromatic carbocycles. The molecule has 2 rings (SSSR count). The number of nitrogens with zero attached hydrogens (tertiary/aromatic N) is 1. The predicted molar refractivity (Wildman–Crippen MR) is 91.1 cm³/mol. The second-order valence-corrected chi connectivity index (χ2v) is 6.81. The Balaban J connectivity index is 1.86. The van der Waals surface area contributed by atoms with Crippen molar-refractivity contribution in [3.05, 3.63) is 35.9 Å². The molecule has 0 spiro atoms. The van der Waals surface area contributed by atoms with Gasteiger partial charge in [-0.05, 0) is 12.0 Å². The number of carboxylic acids is 1. The molecule has 0 saturated carbocycles. The van der Waals surface area contributed by atoms with Gasteiger partial charge in [-0.2, -0.15) is 0 Å². The molecule has 0 aliphatic carbocycles.